The highest BCUT2D eigenvalue weighted by atomic mass is 32.2. The van der Waals surface area contributed by atoms with Gasteiger partial charge in [0.05, 0.1) is 18.3 Å². The van der Waals surface area contributed by atoms with Crippen LogP contribution in [0, 0.1) is 0 Å². The van der Waals surface area contributed by atoms with Gasteiger partial charge in [-0.2, -0.15) is 0 Å². The number of rotatable bonds is 2. The first kappa shape index (κ1) is 10.8. The number of nitrogens with two attached hydrogens (primary N) is 1. The van der Waals surface area contributed by atoms with Gasteiger partial charge in [0, 0.05) is 5.25 Å². The topological polar surface area (TPSA) is 89.9 Å². The third-order valence-corrected chi connectivity index (χ3v) is 4.53. The summed E-state index contributed by atoms with van der Waals surface area (Å²) in [7, 11) is 0. The summed E-state index contributed by atoms with van der Waals surface area (Å²) < 4.78 is 2.02. The van der Waals surface area contributed by atoms with Crippen LogP contribution in [0.3, 0.4) is 0 Å². The van der Waals surface area contributed by atoms with E-state index in [4.69, 9.17) is 10.8 Å². The molecule has 6 nitrogen and oxygen atoms in total. The van der Waals surface area contributed by atoms with Gasteiger partial charge in [0.1, 0.15) is 11.8 Å². The minimum absolute atomic E-state index is 0.227. The molecule has 1 aliphatic heterocycles. The van der Waals surface area contributed by atoms with E-state index >= 15 is 0 Å². The second-order valence-corrected chi connectivity index (χ2v) is 5.54. The summed E-state index contributed by atoms with van der Waals surface area (Å²) >= 11 is 1.76. The molecule has 0 aromatic carbocycles. The lowest BCUT2D eigenvalue weighted by atomic mass is 10.2. The minimum Gasteiger partial charge on any atom is -0.395 e. The average molecular weight is 251 g/mol. The Hall–Kier alpha value is -1.34. The van der Waals surface area contributed by atoms with Crippen molar-refractivity contribution in [1.82, 2.24) is 19.5 Å². The predicted molar refractivity (Wildman–Crippen MR) is 66.5 cm³/mol. The van der Waals surface area contributed by atoms with Gasteiger partial charge >= 0.3 is 0 Å². The highest BCUT2D eigenvalue weighted by Gasteiger charge is 2.27. The Labute approximate surface area is 102 Å². The van der Waals surface area contributed by atoms with Gasteiger partial charge in [0.15, 0.2) is 11.5 Å². The summed E-state index contributed by atoms with van der Waals surface area (Å²) in [4.78, 5) is 12.4. The molecule has 2 aromatic rings. The highest BCUT2D eigenvalue weighted by Crippen LogP contribution is 2.42. The van der Waals surface area contributed by atoms with Crippen LogP contribution in [-0.2, 0) is 0 Å². The van der Waals surface area contributed by atoms with Crippen LogP contribution in [0.4, 0.5) is 5.82 Å². The number of hydrogen-bond donors (Lipinski definition) is 2. The fourth-order valence-electron chi connectivity index (χ4n) is 2.11. The molecule has 3 rings (SSSR count). The molecule has 0 aliphatic carbocycles. The molecule has 0 saturated carbocycles. The number of nitrogens with zero attached hydrogens (tertiary/aromatic N) is 4. The number of nitrogen functional groups attached to an aromatic ring is 1. The Morgan fingerprint density at radius 1 is 1.41 bits per heavy atom. The minimum atomic E-state index is 0.227. The number of aliphatic hydroxyl groups excluding tert-OH is 1. The maximum atomic E-state index is 9.15. The lowest BCUT2D eigenvalue weighted by Gasteiger charge is -2.11. The smallest absolute Gasteiger partial charge is 0.166 e. The number of hydrogen-bond acceptors (Lipinski definition) is 6. The molecular weight excluding hydrogens is 238 g/mol. The monoisotopic (exact) mass is 251 g/mol. The third kappa shape index (κ3) is 1.75. The summed E-state index contributed by atoms with van der Waals surface area (Å²) in [6.07, 6.45) is 5.25. The average Bonchev–Trinajstić information content (AvgIpc) is 2.94. The van der Waals surface area contributed by atoms with E-state index in [0.29, 0.717) is 16.6 Å². The van der Waals surface area contributed by atoms with Crippen molar-refractivity contribution in [3.8, 4) is 0 Å². The van der Waals surface area contributed by atoms with E-state index in [0.717, 1.165) is 18.5 Å². The van der Waals surface area contributed by atoms with Crippen LogP contribution in [0.15, 0.2) is 12.7 Å². The maximum absolute atomic E-state index is 9.15. The van der Waals surface area contributed by atoms with E-state index in [-0.39, 0.29) is 12.0 Å². The zero-order chi connectivity index (χ0) is 11.8. The largest absolute Gasteiger partial charge is 0.395 e. The quantitative estimate of drug-likeness (QED) is 0.820. The first-order valence-electron chi connectivity index (χ1n) is 5.49. The standard InChI is InChI=1S/C10H13N5OS/c11-9-8-10(13-4-12-9)15(5-14-8)7-2-1-6(3-16)17-7/h4-7,16H,1-3H2,(H2,11,12,13)/t6-,7+/m0/s1. The van der Waals surface area contributed by atoms with Crippen molar-refractivity contribution in [2.45, 2.75) is 23.5 Å². The third-order valence-electron chi connectivity index (χ3n) is 2.99. The molecule has 17 heavy (non-hydrogen) atoms. The van der Waals surface area contributed by atoms with Crippen LogP contribution in [0.25, 0.3) is 11.2 Å². The Morgan fingerprint density at radius 3 is 3.06 bits per heavy atom. The molecule has 3 N–H and O–H groups in total. The van der Waals surface area contributed by atoms with Crippen molar-refractivity contribution in [1.29, 1.82) is 0 Å². The van der Waals surface area contributed by atoms with Crippen LogP contribution >= 0.6 is 11.8 Å². The van der Waals surface area contributed by atoms with Crippen molar-refractivity contribution in [3.05, 3.63) is 12.7 Å². The molecule has 2 atom stereocenters. The fraction of sp³-hybridized carbons (Fsp3) is 0.500. The lowest BCUT2D eigenvalue weighted by molar-refractivity contribution is 0.292. The summed E-state index contributed by atoms with van der Waals surface area (Å²) in [6.45, 7) is 0.227. The second kappa shape index (κ2) is 4.15. The lowest BCUT2D eigenvalue weighted by Crippen LogP contribution is -2.04. The molecule has 0 spiro atoms. The van der Waals surface area contributed by atoms with Gasteiger partial charge in [-0.15, -0.1) is 11.8 Å². The van der Waals surface area contributed by atoms with Gasteiger partial charge in [-0.1, -0.05) is 0 Å². The van der Waals surface area contributed by atoms with Crippen LogP contribution < -0.4 is 5.73 Å². The number of imidazole rings is 1. The highest BCUT2D eigenvalue weighted by molar-refractivity contribution is 8.00. The van der Waals surface area contributed by atoms with E-state index in [1.165, 1.54) is 6.33 Å². The SMILES string of the molecule is Nc1ncnc2c1ncn2[C@H]1CC[C@@H](CO)S1. The van der Waals surface area contributed by atoms with Gasteiger partial charge < -0.3 is 15.4 Å². The zero-order valence-corrected chi connectivity index (χ0v) is 9.97. The van der Waals surface area contributed by atoms with E-state index in [1.54, 1.807) is 18.1 Å². The predicted octanol–water partition coefficient (Wildman–Crippen LogP) is 0.795. The van der Waals surface area contributed by atoms with Gasteiger partial charge in [0.2, 0.25) is 0 Å². The molecule has 90 valence electrons. The first-order chi connectivity index (χ1) is 8.29. The summed E-state index contributed by atoms with van der Waals surface area (Å²) in [5.41, 5.74) is 7.17. The molecule has 0 unspecified atom stereocenters. The number of anilines is 1. The summed E-state index contributed by atoms with van der Waals surface area (Å²) in [5, 5.41) is 9.75. The van der Waals surface area contributed by atoms with Crippen molar-refractivity contribution < 1.29 is 5.11 Å². The van der Waals surface area contributed by atoms with Gasteiger partial charge in [-0.3, -0.25) is 0 Å². The number of aromatic nitrogens is 4. The Balaban J connectivity index is 1.99. The molecule has 1 aliphatic rings. The first-order valence-corrected chi connectivity index (χ1v) is 6.43. The zero-order valence-electron chi connectivity index (χ0n) is 9.15. The number of thioether (sulfide) groups is 1. The molecule has 3 heterocycles. The number of aliphatic hydroxyl groups is 1. The van der Waals surface area contributed by atoms with Gasteiger partial charge in [-0.25, -0.2) is 15.0 Å². The number of fused-ring (bicyclic) bond motifs is 1. The van der Waals surface area contributed by atoms with E-state index < -0.39 is 0 Å². The van der Waals surface area contributed by atoms with Crippen LogP contribution in [0.5, 0.6) is 0 Å². The van der Waals surface area contributed by atoms with Crippen molar-refractivity contribution in [2.24, 2.45) is 0 Å². The van der Waals surface area contributed by atoms with Crippen LogP contribution in [-0.4, -0.2) is 36.5 Å². The maximum Gasteiger partial charge on any atom is 0.166 e. The van der Waals surface area contributed by atoms with Crippen molar-refractivity contribution in [3.63, 3.8) is 0 Å². The normalized spacial score (nSPS) is 24.5. The summed E-state index contributed by atoms with van der Waals surface area (Å²) in [6, 6.07) is 0. The van der Waals surface area contributed by atoms with Crippen molar-refractivity contribution >= 4 is 28.7 Å². The van der Waals surface area contributed by atoms with E-state index in [2.05, 4.69) is 15.0 Å². The summed E-state index contributed by atoms with van der Waals surface area (Å²) in [5.74, 6) is 0.412. The molecule has 2 aromatic heterocycles. The van der Waals surface area contributed by atoms with Crippen molar-refractivity contribution in [2.75, 3.05) is 12.3 Å². The molecule has 0 bridgehead atoms. The van der Waals surface area contributed by atoms with Crippen LogP contribution in [0.2, 0.25) is 0 Å². The molecule has 0 radical (unpaired) electrons. The van der Waals surface area contributed by atoms with Gasteiger partial charge in [-0.05, 0) is 12.8 Å². The molecule has 1 fully saturated rings. The molecule has 7 heteroatoms. The van der Waals surface area contributed by atoms with E-state index in [1.807, 2.05) is 4.57 Å². The Kier molecular flexibility index (Phi) is 2.64. The fourth-order valence-corrected chi connectivity index (χ4v) is 3.47. The molecular formula is C10H13N5OS. The second-order valence-electron chi connectivity index (χ2n) is 4.06. The van der Waals surface area contributed by atoms with Crippen LogP contribution in [0.1, 0.15) is 18.2 Å². The van der Waals surface area contributed by atoms with E-state index in [9.17, 15) is 0 Å². The Morgan fingerprint density at radius 2 is 2.29 bits per heavy atom. The molecule has 0 amide bonds. The van der Waals surface area contributed by atoms with Gasteiger partial charge in [0.25, 0.3) is 0 Å². The Bertz CT molecular complexity index is 542. The molecule has 1 saturated heterocycles.